The molecule has 0 aliphatic carbocycles. The first kappa shape index (κ1) is 16.0. The summed E-state index contributed by atoms with van der Waals surface area (Å²) in [7, 11) is 0. The molecule has 0 bridgehead atoms. The minimum atomic E-state index is 0.0639. The van der Waals surface area contributed by atoms with Gasteiger partial charge >= 0.3 is 0 Å². The van der Waals surface area contributed by atoms with Crippen molar-refractivity contribution < 1.29 is 4.79 Å². The first-order valence-corrected chi connectivity index (χ1v) is 7.80. The Morgan fingerprint density at radius 1 is 1.48 bits per heavy atom. The molecule has 1 amide bonds. The molecular formula is C17H27N3O. The average molecular weight is 289 g/mol. The van der Waals surface area contributed by atoms with Crippen molar-refractivity contribution in [2.45, 2.75) is 39.7 Å². The maximum Gasteiger partial charge on any atom is 0.238 e. The highest BCUT2D eigenvalue weighted by atomic mass is 16.2. The van der Waals surface area contributed by atoms with Crippen molar-refractivity contribution in [2.75, 3.05) is 25.0 Å². The Hall–Kier alpha value is -1.39. The molecule has 3 N–H and O–H groups in total. The van der Waals surface area contributed by atoms with Gasteiger partial charge < -0.3 is 11.1 Å². The van der Waals surface area contributed by atoms with Crippen molar-refractivity contribution in [1.29, 1.82) is 0 Å². The summed E-state index contributed by atoms with van der Waals surface area (Å²) in [5, 5.41) is 3.03. The molecule has 0 aromatic heterocycles. The van der Waals surface area contributed by atoms with Gasteiger partial charge in [0.15, 0.2) is 0 Å². The van der Waals surface area contributed by atoms with Crippen LogP contribution >= 0.6 is 0 Å². The smallest absolute Gasteiger partial charge is 0.238 e. The number of carbonyl (C=O) groups is 1. The van der Waals surface area contributed by atoms with E-state index in [0.717, 1.165) is 36.3 Å². The molecular weight excluding hydrogens is 262 g/mol. The number of aryl methyl sites for hydroxylation is 2. The number of nitrogens with one attached hydrogen (secondary N) is 1. The van der Waals surface area contributed by atoms with E-state index in [-0.39, 0.29) is 11.9 Å². The molecule has 1 fully saturated rings. The summed E-state index contributed by atoms with van der Waals surface area (Å²) in [5.74, 6) is 0.571. The first-order valence-electron chi connectivity index (χ1n) is 7.80. The zero-order chi connectivity index (χ0) is 15.4. The van der Waals surface area contributed by atoms with E-state index < -0.39 is 0 Å². The third kappa shape index (κ3) is 4.55. The number of nitrogens with two attached hydrogens (primary N) is 1. The van der Waals surface area contributed by atoms with Gasteiger partial charge in [-0.3, -0.25) is 9.69 Å². The summed E-state index contributed by atoms with van der Waals surface area (Å²) in [4.78, 5) is 14.5. The summed E-state index contributed by atoms with van der Waals surface area (Å²) in [6.45, 7) is 8.48. The van der Waals surface area contributed by atoms with Crippen LogP contribution in [0.2, 0.25) is 0 Å². The summed E-state index contributed by atoms with van der Waals surface area (Å²) in [5.41, 5.74) is 9.17. The fourth-order valence-corrected chi connectivity index (χ4v) is 2.93. The fourth-order valence-electron chi connectivity index (χ4n) is 2.93. The van der Waals surface area contributed by atoms with Crippen molar-refractivity contribution in [2.24, 2.45) is 11.7 Å². The number of piperidine rings is 1. The van der Waals surface area contributed by atoms with Crippen molar-refractivity contribution in [1.82, 2.24) is 4.90 Å². The van der Waals surface area contributed by atoms with E-state index in [1.807, 2.05) is 26.0 Å². The maximum atomic E-state index is 12.2. The molecule has 0 spiro atoms. The van der Waals surface area contributed by atoms with E-state index in [9.17, 15) is 4.79 Å². The number of nitrogens with zero attached hydrogens (tertiary/aromatic N) is 1. The van der Waals surface area contributed by atoms with Gasteiger partial charge in [-0.1, -0.05) is 12.1 Å². The van der Waals surface area contributed by atoms with E-state index in [1.165, 1.54) is 6.42 Å². The van der Waals surface area contributed by atoms with Gasteiger partial charge in [0.2, 0.25) is 5.91 Å². The Bertz CT molecular complexity index is 499. The van der Waals surface area contributed by atoms with E-state index in [0.29, 0.717) is 12.5 Å². The molecule has 1 saturated heterocycles. The Balaban J connectivity index is 1.91. The van der Waals surface area contributed by atoms with E-state index >= 15 is 0 Å². The number of hydrogen-bond acceptors (Lipinski definition) is 3. The van der Waals surface area contributed by atoms with Gasteiger partial charge in [0.05, 0.1) is 6.54 Å². The molecule has 2 unspecified atom stereocenters. The van der Waals surface area contributed by atoms with Gasteiger partial charge in [0.1, 0.15) is 0 Å². The van der Waals surface area contributed by atoms with Crippen LogP contribution in [0.25, 0.3) is 0 Å². The Labute approximate surface area is 127 Å². The molecule has 1 heterocycles. The highest BCUT2D eigenvalue weighted by Crippen LogP contribution is 2.19. The van der Waals surface area contributed by atoms with Crippen molar-refractivity contribution in [3.8, 4) is 0 Å². The number of carbonyl (C=O) groups excluding carboxylic acids is 1. The van der Waals surface area contributed by atoms with Gasteiger partial charge in [-0.2, -0.15) is 0 Å². The van der Waals surface area contributed by atoms with Crippen molar-refractivity contribution in [3.63, 3.8) is 0 Å². The highest BCUT2D eigenvalue weighted by Gasteiger charge is 2.23. The SMILES string of the molecule is Cc1ccc(C)c(NC(=O)CN2CCCC(C(C)N)C2)c1. The van der Waals surface area contributed by atoms with Crippen molar-refractivity contribution in [3.05, 3.63) is 29.3 Å². The second kappa shape index (κ2) is 7.05. The quantitative estimate of drug-likeness (QED) is 0.894. The third-order valence-corrected chi connectivity index (χ3v) is 4.32. The number of anilines is 1. The zero-order valence-electron chi connectivity index (χ0n) is 13.4. The maximum absolute atomic E-state index is 12.2. The molecule has 2 atom stereocenters. The second-order valence-corrected chi connectivity index (χ2v) is 6.36. The number of amides is 1. The lowest BCUT2D eigenvalue weighted by Gasteiger charge is -2.34. The third-order valence-electron chi connectivity index (χ3n) is 4.32. The van der Waals surface area contributed by atoms with Gasteiger partial charge in [-0.15, -0.1) is 0 Å². The molecule has 116 valence electrons. The molecule has 1 aliphatic rings. The number of likely N-dealkylation sites (tertiary alicyclic amines) is 1. The standard InChI is InChI=1S/C17H27N3O/c1-12-6-7-13(2)16(9-12)19-17(21)11-20-8-4-5-15(10-20)14(3)18/h6-7,9,14-15H,4-5,8,10-11,18H2,1-3H3,(H,19,21). The van der Waals surface area contributed by atoms with Crippen LogP contribution in [0.1, 0.15) is 30.9 Å². The van der Waals surface area contributed by atoms with Gasteiger partial charge in [0, 0.05) is 18.3 Å². The van der Waals surface area contributed by atoms with E-state index in [1.54, 1.807) is 0 Å². The van der Waals surface area contributed by atoms with Crippen LogP contribution in [-0.2, 0) is 4.79 Å². The molecule has 1 aliphatic heterocycles. The van der Waals surface area contributed by atoms with E-state index in [4.69, 9.17) is 5.73 Å². The van der Waals surface area contributed by atoms with Crippen LogP contribution < -0.4 is 11.1 Å². The van der Waals surface area contributed by atoms with E-state index in [2.05, 4.69) is 23.2 Å². The minimum Gasteiger partial charge on any atom is -0.328 e. The molecule has 1 aromatic rings. The molecule has 0 radical (unpaired) electrons. The largest absolute Gasteiger partial charge is 0.328 e. The summed E-state index contributed by atoms with van der Waals surface area (Å²) >= 11 is 0. The van der Waals surface area contributed by atoms with Gasteiger partial charge in [-0.25, -0.2) is 0 Å². The Morgan fingerprint density at radius 2 is 2.24 bits per heavy atom. The first-order chi connectivity index (χ1) is 9.95. The van der Waals surface area contributed by atoms with Crippen LogP contribution in [0.4, 0.5) is 5.69 Å². The van der Waals surface area contributed by atoms with Crippen LogP contribution in [0.3, 0.4) is 0 Å². The highest BCUT2D eigenvalue weighted by molar-refractivity contribution is 5.93. The monoisotopic (exact) mass is 289 g/mol. The lowest BCUT2D eigenvalue weighted by Crippen LogP contribution is -2.45. The molecule has 0 saturated carbocycles. The number of rotatable bonds is 4. The van der Waals surface area contributed by atoms with Gasteiger partial charge in [-0.05, 0) is 63.3 Å². The van der Waals surface area contributed by atoms with Crippen LogP contribution in [0.5, 0.6) is 0 Å². The van der Waals surface area contributed by atoms with Crippen LogP contribution in [-0.4, -0.2) is 36.5 Å². The Morgan fingerprint density at radius 3 is 2.95 bits per heavy atom. The number of hydrogen-bond donors (Lipinski definition) is 2. The second-order valence-electron chi connectivity index (χ2n) is 6.36. The summed E-state index contributed by atoms with van der Waals surface area (Å²) in [6, 6.07) is 6.32. The summed E-state index contributed by atoms with van der Waals surface area (Å²) in [6.07, 6.45) is 2.30. The molecule has 4 heteroatoms. The summed E-state index contributed by atoms with van der Waals surface area (Å²) < 4.78 is 0. The van der Waals surface area contributed by atoms with Gasteiger partial charge in [0.25, 0.3) is 0 Å². The lowest BCUT2D eigenvalue weighted by atomic mass is 9.92. The molecule has 2 rings (SSSR count). The molecule has 1 aromatic carbocycles. The van der Waals surface area contributed by atoms with Crippen molar-refractivity contribution >= 4 is 11.6 Å². The predicted molar refractivity (Wildman–Crippen MR) is 87.4 cm³/mol. The Kier molecular flexibility index (Phi) is 5.37. The van der Waals surface area contributed by atoms with Crippen LogP contribution in [0, 0.1) is 19.8 Å². The normalized spacial score (nSPS) is 21.0. The van der Waals surface area contributed by atoms with Crippen LogP contribution in [0.15, 0.2) is 18.2 Å². The topological polar surface area (TPSA) is 58.4 Å². The minimum absolute atomic E-state index is 0.0639. The fraction of sp³-hybridized carbons (Fsp3) is 0.588. The zero-order valence-corrected chi connectivity index (χ0v) is 13.4. The number of benzene rings is 1. The lowest BCUT2D eigenvalue weighted by molar-refractivity contribution is -0.117. The predicted octanol–water partition coefficient (Wildman–Crippen LogP) is 2.30. The molecule has 21 heavy (non-hydrogen) atoms. The molecule has 4 nitrogen and oxygen atoms in total. The average Bonchev–Trinajstić information content (AvgIpc) is 2.43.